The number of aromatic nitrogens is 4. The number of hydrogen-bond donors (Lipinski definition) is 1. The van der Waals surface area contributed by atoms with E-state index in [0.717, 1.165) is 13.1 Å². The Bertz CT molecular complexity index is 770. The molecule has 0 atom stereocenters. The number of anilines is 1. The first-order valence-corrected chi connectivity index (χ1v) is 8.65. The van der Waals surface area contributed by atoms with Crippen molar-refractivity contribution >= 4 is 16.0 Å². The van der Waals surface area contributed by atoms with Crippen molar-refractivity contribution in [3.8, 4) is 0 Å². The summed E-state index contributed by atoms with van der Waals surface area (Å²) in [4.78, 5) is 14.5. The highest BCUT2D eigenvalue weighted by Gasteiger charge is 2.18. The number of imidazole rings is 1. The number of morpholine rings is 1. The van der Waals surface area contributed by atoms with Crippen molar-refractivity contribution in [1.82, 2.24) is 24.2 Å². The Labute approximate surface area is 134 Å². The molecule has 0 amide bonds. The second-order valence-electron chi connectivity index (χ2n) is 5.15. The summed E-state index contributed by atoms with van der Waals surface area (Å²) < 4.78 is 33.7. The number of aryl methyl sites for hydroxylation is 1. The Morgan fingerprint density at radius 2 is 2.09 bits per heavy atom. The zero-order chi connectivity index (χ0) is 16.3. The van der Waals surface area contributed by atoms with Gasteiger partial charge in [0.05, 0.1) is 31.8 Å². The van der Waals surface area contributed by atoms with Crippen molar-refractivity contribution in [3.05, 3.63) is 30.5 Å². The molecule has 0 spiro atoms. The first kappa shape index (κ1) is 15.8. The summed E-state index contributed by atoms with van der Waals surface area (Å²) in [5, 5.41) is -0.0116. The first-order valence-electron chi connectivity index (χ1n) is 7.17. The van der Waals surface area contributed by atoms with Crippen LogP contribution < -0.4 is 9.62 Å². The number of ether oxygens (including phenoxy) is 1. The molecule has 2 aromatic heterocycles. The third kappa shape index (κ3) is 3.84. The Balaban J connectivity index is 1.68. The normalized spacial score (nSPS) is 15.8. The summed E-state index contributed by atoms with van der Waals surface area (Å²) in [7, 11) is -1.94. The van der Waals surface area contributed by atoms with Crippen LogP contribution in [0.3, 0.4) is 0 Å². The molecule has 0 bridgehead atoms. The predicted octanol–water partition coefficient (Wildman–Crippen LogP) is -0.475. The van der Waals surface area contributed by atoms with E-state index in [1.807, 2.05) is 4.90 Å². The van der Waals surface area contributed by atoms with Crippen LogP contribution in [-0.4, -0.2) is 54.2 Å². The van der Waals surface area contributed by atoms with Gasteiger partial charge in [-0.2, -0.15) is 0 Å². The Morgan fingerprint density at radius 3 is 2.78 bits per heavy atom. The van der Waals surface area contributed by atoms with E-state index < -0.39 is 10.0 Å². The van der Waals surface area contributed by atoms with Crippen molar-refractivity contribution in [2.24, 2.45) is 7.05 Å². The SMILES string of the molecule is Cn1cnc(S(=O)(=O)NCc2ccnc(N3CCOCC3)n2)c1. The van der Waals surface area contributed by atoms with Crippen LogP contribution in [0.1, 0.15) is 5.69 Å². The summed E-state index contributed by atoms with van der Waals surface area (Å²) in [6, 6.07) is 1.69. The summed E-state index contributed by atoms with van der Waals surface area (Å²) in [6.45, 7) is 2.81. The van der Waals surface area contributed by atoms with Crippen LogP contribution in [0.15, 0.2) is 29.8 Å². The molecule has 1 aliphatic rings. The van der Waals surface area contributed by atoms with Crippen molar-refractivity contribution in [2.45, 2.75) is 11.6 Å². The molecule has 9 nitrogen and oxygen atoms in total. The average Bonchev–Trinajstić information content (AvgIpc) is 3.02. The van der Waals surface area contributed by atoms with Gasteiger partial charge in [0.1, 0.15) is 0 Å². The molecule has 2 aromatic rings. The van der Waals surface area contributed by atoms with Gasteiger partial charge in [-0.15, -0.1) is 0 Å². The van der Waals surface area contributed by atoms with Gasteiger partial charge in [-0.25, -0.2) is 28.1 Å². The van der Waals surface area contributed by atoms with E-state index in [1.54, 1.807) is 23.9 Å². The van der Waals surface area contributed by atoms with E-state index in [2.05, 4.69) is 19.7 Å². The second kappa shape index (κ2) is 6.60. The maximum absolute atomic E-state index is 12.1. The molecule has 3 heterocycles. The number of hydrogen-bond acceptors (Lipinski definition) is 7. The highest BCUT2D eigenvalue weighted by atomic mass is 32.2. The lowest BCUT2D eigenvalue weighted by atomic mass is 10.4. The fraction of sp³-hybridized carbons (Fsp3) is 0.462. The lowest BCUT2D eigenvalue weighted by molar-refractivity contribution is 0.122. The number of rotatable bonds is 5. The van der Waals surface area contributed by atoms with Crippen LogP contribution in [-0.2, 0) is 28.4 Å². The van der Waals surface area contributed by atoms with Crippen LogP contribution in [0.4, 0.5) is 5.95 Å². The summed E-state index contributed by atoms with van der Waals surface area (Å²) in [5.74, 6) is 0.586. The highest BCUT2D eigenvalue weighted by Crippen LogP contribution is 2.11. The molecule has 1 fully saturated rings. The molecular weight excluding hydrogens is 320 g/mol. The fourth-order valence-corrected chi connectivity index (χ4v) is 3.15. The Kier molecular flexibility index (Phi) is 4.55. The smallest absolute Gasteiger partial charge is 0.259 e. The molecule has 1 aliphatic heterocycles. The van der Waals surface area contributed by atoms with Crippen LogP contribution in [0.5, 0.6) is 0 Å². The van der Waals surface area contributed by atoms with E-state index in [4.69, 9.17) is 4.74 Å². The average molecular weight is 338 g/mol. The van der Waals surface area contributed by atoms with E-state index in [0.29, 0.717) is 24.9 Å². The van der Waals surface area contributed by atoms with E-state index in [-0.39, 0.29) is 11.6 Å². The molecule has 0 unspecified atom stereocenters. The first-order chi connectivity index (χ1) is 11.0. The molecule has 10 heteroatoms. The van der Waals surface area contributed by atoms with Gasteiger partial charge in [-0.05, 0) is 6.07 Å². The largest absolute Gasteiger partial charge is 0.378 e. The summed E-state index contributed by atoms with van der Waals surface area (Å²) in [5.41, 5.74) is 0.598. The van der Waals surface area contributed by atoms with Crippen molar-refractivity contribution in [3.63, 3.8) is 0 Å². The number of nitrogens with one attached hydrogen (secondary N) is 1. The zero-order valence-electron chi connectivity index (χ0n) is 12.7. The van der Waals surface area contributed by atoms with Crippen LogP contribution in [0.25, 0.3) is 0 Å². The third-order valence-corrected chi connectivity index (χ3v) is 4.68. The van der Waals surface area contributed by atoms with Gasteiger partial charge < -0.3 is 14.2 Å². The number of sulfonamides is 1. The summed E-state index contributed by atoms with van der Waals surface area (Å²) >= 11 is 0. The highest BCUT2D eigenvalue weighted by molar-refractivity contribution is 7.89. The van der Waals surface area contributed by atoms with Crippen molar-refractivity contribution < 1.29 is 13.2 Å². The van der Waals surface area contributed by atoms with E-state index in [9.17, 15) is 8.42 Å². The third-order valence-electron chi connectivity index (χ3n) is 3.39. The Morgan fingerprint density at radius 1 is 1.30 bits per heavy atom. The van der Waals surface area contributed by atoms with Gasteiger partial charge in [0.25, 0.3) is 10.0 Å². The number of nitrogens with zero attached hydrogens (tertiary/aromatic N) is 5. The topological polar surface area (TPSA) is 102 Å². The van der Waals surface area contributed by atoms with Gasteiger partial charge >= 0.3 is 0 Å². The molecule has 124 valence electrons. The lowest BCUT2D eigenvalue weighted by Crippen LogP contribution is -2.37. The molecule has 0 saturated carbocycles. The predicted molar refractivity (Wildman–Crippen MR) is 82.3 cm³/mol. The lowest BCUT2D eigenvalue weighted by Gasteiger charge is -2.26. The van der Waals surface area contributed by atoms with Gasteiger partial charge in [-0.3, -0.25) is 0 Å². The zero-order valence-corrected chi connectivity index (χ0v) is 13.5. The molecule has 1 N–H and O–H groups in total. The van der Waals surface area contributed by atoms with Crippen LogP contribution in [0, 0.1) is 0 Å². The standard InChI is InChI=1S/C13H18N6O3S/c1-18-9-12(15-10-18)23(20,21)16-8-11-2-3-14-13(17-11)19-4-6-22-7-5-19/h2-3,9-10,16H,4-8H2,1H3. The molecule has 23 heavy (non-hydrogen) atoms. The maximum atomic E-state index is 12.1. The van der Waals surface area contributed by atoms with Crippen LogP contribution in [0.2, 0.25) is 0 Å². The van der Waals surface area contributed by atoms with Gasteiger partial charge in [0.2, 0.25) is 5.95 Å². The minimum Gasteiger partial charge on any atom is -0.378 e. The minimum atomic E-state index is -3.65. The fourth-order valence-electron chi connectivity index (χ4n) is 2.17. The quantitative estimate of drug-likeness (QED) is 0.786. The van der Waals surface area contributed by atoms with E-state index >= 15 is 0 Å². The molecule has 0 aliphatic carbocycles. The molecule has 1 saturated heterocycles. The van der Waals surface area contributed by atoms with Gasteiger partial charge in [0, 0.05) is 32.5 Å². The molecular formula is C13H18N6O3S. The minimum absolute atomic E-state index is 0.0116. The molecule has 0 aromatic carbocycles. The van der Waals surface area contributed by atoms with Gasteiger partial charge in [0.15, 0.2) is 5.03 Å². The van der Waals surface area contributed by atoms with Gasteiger partial charge in [-0.1, -0.05) is 0 Å². The Hall–Kier alpha value is -2.04. The van der Waals surface area contributed by atoms with Crippen LogP contribution >= 0.6 is 0 Å². The molecule has 3 rings (SSSR count). The molecule has 0 radical (unpaired) electrons. The monoisotopic (exact) mass is 338 g/mol. The van der Waals surface area contributed by atoms with E-state index in [1.165, 1.54) is 12.5 Å². The second-order valence-corrected chi connectivity index (χ2v) is 6.86. The maximum Gasteiger partial charge on any atom is 0.259 e. The van der Waals surface area contributed by atoms with Crippen molar-refractivity contribution in [1.29, 1.82) is 0 Å². The van der Waals surface area contributed by atoms with Crippen molar-refractivity contribution in [2.75, 3.05) is 31.2 Å². The summed E-state index contributed by atoms with van der Waals surface area (Å²) in [6.07, 6.45) is 4.51.